The Balaban J connectivity index is 0.00000385. The van der Waals surface area contributed by atoms with E-state index in [0.717, 1.165) is 38.7 Å². The Bertz CT molecular complexity index is 832. The van der Waals surface area contributed by atoms with Crippen LogP contribution in [0.1, 0.15) is 30.5 Å². The normalized spacial score (nSPS) is 17.0. The second-order valence-corrected chi connectivity index (χ2v) is 8.70. The van der Waals surface area contributed by atoms with Gasteiger partial charge in [0.05, 0.1) is 25.9 Å². The molecule has 0 aromatic heterocycles. The third-order valence-corrected chi connectivity index (χ3v) is 5.50. The Morgan fingerprint density at radius 2 is 1.79 bits per heavy atom. The van der Waals surface area contributed by atoms with Crippen molar-refractivity contribution in [1.82, 2.24) is 15.5 Å². The number of guanidine groups is 1. The van der Waals surface area contributed by atoms with Crippen LogP contribution in [0.2, 0.25) is 0 Å². The summed E-state index contributed by atoms with van der Waals surface area (Å²) in [4.78, 5) is 6.87. The summed E-state index contributed by atoms with van der Waals surface area (Å²) in [6, 6.07) is 18.6. The highest BCUT2D eigenvalue weighted by Gasteiger charge is 2.21. The molecule has 2 aromatic rings. The van der Waals surface area contributed by atoms with Crippen molar-refractivity contribution in [3.8, 4) is 0 Å². The lowest BCUT2D eigenvalue weighted by molar-refractivity contribution is -0.0284. The number of aliphatic imine (C=N–C) groups is 1. The number of nitrogens with zero attached hydrogens (tertiary/aromatic N) is 2. The van der Waals surface area contributed by atoms with Crippen molar-refractivity contribution in [2.45, 2.75) is 39.7 Å². The van der Waals surface area contributed by atoms with Gasteiger partial charge in [-0.15, -0.1) is 24.0 Å². The minimum Gasteiger partial charge on any atom is -0.374 e. The fourth-order valence-corrected chi connectivity index (χ4v) is 3.92. The summed E-state index contributed by atoms with van der Waals surface area (Å²) in [5.74, 6) is 1.46. The predicted octanol–water partition coefficient (Wildman–Crippen LogP) is 4.04. The first-order chi connectivity index (χ1) is 15.6. The van der Waals surface area contributed by atoms with E-state index in [0.29, 0.717) is 25.7 Å². The second kappa shape index (κ2) is 15.3. The quantitative estimate of drug-likeness (QED) is 0.258. The third kappa shape index (κ3) is 10.00. The lowest BCUT2D eigenvalue weighted by atomic mass is 10.1. The number of hydrogen-bond acceptors (Lipinski definition) is 4. The molecule has 1 atom stereocenters. The fourth-order valence-electron chi connectivity index (χ4n) is 3.92. The Labute approximate surface area is 216 Å². The molecule has 0 saturated carbocycles. The summed E-state index contributed by atoms with van der Waals surface area (Å²) in [5.41, 5.74) is 3.58. The van der Waals surface area contributed by atoms with Gasteiger partial charge in [-0.25, -0.2) is 0 Å². The largest absolute Gasteiger partial charge is 0.374 e. The maximum atomic E-state index is 5.95. The van der Waals surface area contributed by atoms with Gasteiger partial charge in [-0.05, 0) is 22.6 Å². The summed E-state index contributed by atoms with van der Waals surface area (Å²) in [5, 5.41) is 6.85. The molecule has 1 aliphatic heterocycles. The van der Waals surface area contributed by atoms with Crippen LogP contribution in [0.4, 0.5) is 0 Å². The molecule has 6 nitrogen and oxygen atoms in total. The maximum absolute atomic E-state index is 5.95. The Morgan fingerprint density at radius 3 is 2.52 bits per heavy atom. The summed E-state index contributed by atoms with van der Waals surface area (Å²) in [7, 11) is 1.80. The van der Waals surface area contributed by atoms with Crippen molar-refractivity contribution in [2.24, 2.45) is 10.9 Å². The molecule has 1 aliphatic rings. The molecule has 0 radical (unpaired) electrons. The van der Waals surface area contributed by atoms with Gasteiger partial charge in [-0.2, -0.15) is 0 Å². The number of halogens is 1. The van der Waals surface area contributed by atoms with Crippen LogP contribution in [0.15, 0.2) is 59.6 Å². The average Bonchev–Trinajstić information content (AvgIpc) is 2.80. The number of ether oxygens (including phenoxy) is 2. The van der Waals surface area contributed by atoms with Crippen LogP contribution >= 0.6 is 24.0 Å². The lowest BCUT2D eigenvalue weighted by Gasteiger charge is -2.34. The highest BCUT2D eigenvalue weighted by atomic mass is 127. The van der Waals surface area contributed by atoms with Crippen molar-refractivity contribution in [1.29, 1.82) is 0 Å². The number of rotatable bonds is 10. The van der Waals surface area contributed by atoms with Crippen molar-refractivity contribution < 1.29 is 9.47 Å². The van der Waals surface area contributed by atoms with Crippen molar-refractivity contribution >= 4 is 29.9 Å². The number of benzene rings is 2. The van der Waals surface area contributed by atoms with Gasteiger partial charge in [0.15, 0.2) is 5.96 Å². The van der Waals surface area contributed by atoms with Gasteiger partial charge in [-0.3, -0.25) is 9.89 Å². The second-order valence-electron chi connectivity index (χ2n) is 8.70. The number of hydrogen-bond donors (Lipinski definition) is 2. The molecular weight excluding hydrogens is 527 g/mol. The van der Waals surface area contributed by atoms with Gasteiger partial charge in [0.2, 0.25) is 0 Å². The van der Waals surface area contributed by atoms with Crippen LogP contribution in [0, 0.1) is 5.92 Å². The average molecular weight is 567 g/mol. The first-order valence-electron chi connectivity index (χ1n) is 11.6. The molecule has 0 spiro atoms. The van der Waals surface area contributed by atoms with Crippen LogP contribution in [0.5, 0.6) is 0 Å². The highest BCUT2D eigenvalue weighted by molar-refractivity contribution is 14.0. The molecule has 33 heavy (non-hydrogen) atoms. The molecule has 1 heterocycles. The van der Waals surface area contributed by atoms with Crippen LogP contribution < -0.4 is 10.6 Å². The fraction of sp³-hybridized carbons (Fsp3) is 0.500. The van der Waals surface area contributed by atoms with E-state index in [9.17, 15) is 0 Å². The van der Waals surface area contributed by atoms with Crippen molar-refractivity contribution in [2.75, 3.05) is 39.8 Å². The van der Waals surface area contributed by atoms with Gasteiger partial charge in [0, 0.05) is 39.8 Å². The van der Waals surface area contributed by atoms with E-state index in [2.05, 4.69) is 70.8 Å². The van der Waals surface area contributed by atoms with Crippen molar-refractivity contribution in [3.63, 3.8) is 0 Å². The Kier molecular flexibility index (Phi) is 12.8. The smallest absolute Gasteiger partial charge is 0.191 e. The zero-order valence-electron chi connectivity index (χ0n) is 20.1. The number of morpholine rings is 1. The third-order valence-electron chi connectivity index (χ3n) is 5.50. The molecule has 1 unspecified atom stereocenters. The summed E-state index contributed by atoms with van der Waals surface area (Å²) >= 11 is 0. The van der Waals surface area contributed by atoms with Crippen molar-refractivity contribution in [3.05, 3.63) is 71.3 Å². The molecule has 2 aromatic carbocycles. The molecule has 1 saturated heterocycles. The molecule has 0 bridgehead atoms. The van der Waals surface area contributed by atoms with Crippen LogP contribution in [-0.4, -0.2) is 56.8 Å². The number of nitrogens with one attached hydrogen (secondary N) is 2. The van der Waals surface area contributed by atoms with Gasteiger partial charge >= 0.3 is 0 Å². The molecule has 3 rings (SSSR count). The van der Waals surface area contributed by atoms with Crippen LogP contribution in [0.25, 0.3) is 0 Å². The highest BCUT2D eigenvalue weighted by Crippen LogP contribution is 2.12. The minimum absolute atomic E-state index is 0. The zero-order valence-corrected chi connectivity index (χ0v) is 22.5. The van der Waals surface area contributed by atoms with Crippen LogP contribution in [-0.2, 0) is 29.2 Å². The van der Waals surface area contributed by atoms with Gasteiger partial charge in [0.1, 0.15) is 0 Å². The minimum atomic E-state index is 0. The van der Waals surface area contributed by atoms with Crippen LogP contribution in [0.3, 0.4) is 0 Å². The molecule has 1 fully saturated rings. The molecule has 7 heteroatoms. The molecule has 0 amide bonds. The van der Waals surface area contributed by atoms with Gasteiger partial charge in [0.25, 0.3) is 0 Å². The van der Waals surface area contributed by atoms with E-state index in [4.69, 9.17) is 9.47 Å². The summed E-state index contributed by atoms with van der Waals surface area (Å²) < 4.78 is 11.9. The summed E-state index contributed by atoms with van der Waals surface area (Å²) in [6.45, 7) is 11.1. The van der Waals surface area contributed by atoms with Gasteiger partial charge < -0.3 is 20.1 Å². The van der Waals surface area contributed by atoms with E-state index < -0.39 is 0 Å². The monoisotopic (exact) mass is 566 g/mol. The first-order valence-corrected chi connectivity index (χ1v) is 11.6. The molecule has 2 N–H and O–H groups in total. The van der Waals surface area contributed by atoms with Gasteiger partial charge in [-0.1, -0.05) is 68.4 Å². The van der Waals surface area contributed by atoms with E-state index in [1.807, 2.05) is 18.2 Å². The molecule has 182 valence electrons. The van der Waals surface area contributed by atoms with E-state index in [1.54, 1.807) is 7.05 Å². The van der Waals surface area contributed by atoms with E-state index in [1.165, 1.54) is 16.7 Å². The van der Waals surface area contributed by atoms with E-state index >= 15 is 0 Å². The van der Waals surface area contributed by atoms with E-state index in [-0.39, 0.29) is 30.1 Å². The summed E-state index contributed by atoms with van der Waals surface area (Å²) in [6.07, 6.45) is 0.180. The molecular formula is C26H39IN4O2. The Hall–Kier alpha value is -1.68. The predicted molar refractivity (Wildman–Crippen MR) is 146 cm³/mol. The maximum Gasteiger partial charge on any atom is 0.191 e. The topological polar surface area (TPSA) is 58.1 Å². The zero-order chi connectivity index (χ0) is 22.6. The Morgan fingerprint density at radius 1 is 1.06 bits per heavy atom. The standard InChI is InChI=1S/C26H38N4O2.HI/c1-21(2)17-30-13-14-32-25(18-30)16-29-26(27-3)28-15-23-11-7-8-12-24(23)20-31-19-22-9-5-4-6-10-22;/h4-12,21,25H,13-20H2,1-3H3,(H2,27,28,29);1H. The molecule has 0 aliphatic carbocycles. The lowest BCUT2D eigenvalue weighted by Crippen LogP contribution is -2.50. The first kappa shape index (κ1) is 27.6. The SMILES string of the molecule is CN=C(NCc1ccccc1COCc1ccccc1)NCC1CN(CC(C)C)CCO1.I.